The lowest BCUT2D eigenvalue weighted by Crippen LogP contribution is -2.30. The van der Waals surface area contributed by atoms with Crippen molar-refractivity contribution in [3.05, 3.63) is 38.6 Å². The van der Waals surface area contributed by atoms with Crippen LogP contribution in [0.1, 0.15) is 24.4 Å². The summed E-state index contributed by atoms with van der Waals surface area (Å²) in [6.45, 7) is 7.50. The number of hydrogen-bond acceptors (Lipinski definition) is 3. The minimum absolute atomic E-state index is 0.0670. The highest BCUT2D eigenvalue weighted by molar-refractivity contribution is 9.10. The molecule has 0 radical (unpaired) electrons. The van der Waals surface area contributed by atoms with Gasteiger partial charge in [-0.15, -0.1) is 11.3 Å². The van der Waals surface area contributed by atoms with Gasteiger partial charge in [0.25, 0.3) is 0 Å². The van der Waals surface area contributed by atoms with E-state index in [0.29, 0.717) is 0 Å². The Morgan fingerprint density at radius 3 is 2.79 bits per heavy atom. The third kappa shape index (κ3) is 3.25. The first-order valence-electron chi connectivity index (χ1n) is 6.31. The van der Waals surface area contributed by atoms with E-state index < -0.39 is 0 Å². The van der Waals surface area contributed by atoms with Crippen LogP contribution >= 0.6 is 27.3 Å². The number of nitrogens with one attached hydrogen (secondary N) is 1. The highest BCUT2D eigenvalue weighted by atomic mass is 79.9. The Kier molecular flexibility index (Phi) is 4.43. The number of hydrogen-bond donors (Lipinski definition) is 1. The molecule has 0 aliphatic carbocycles. The zero-order valence-electron chi connectivity index (χ0n) is 11.7. The molecule has 0 spiro atoms. The first kappa shape index (κ1) is 14.7. The van der Waals surface area contributed by atoms with Gasteiger partial charge >= 0.3 is 0 Å². The lowest BCUT2D eigenvalue weighted by Gasteiger charge is -2.21. The number of nitrogens with zero attached hydrogens (tertiary/aromatic N) is 1. The van der Waals surface area contributed by atoms with Gasteiger partial charge in [-0.25, -0.2) is 4.98 Å². The predicted molar refractivity (Wildman–Crippen MR) is 86.9 cm³/mol. The molecule has 4 heteroatoms. The van der Waals surface area contributed by atoms with Gasteiger partial charge in [0.2, 0.25) is 0 Å². The molecule has 2 rings (SSSR count). The van der Waals surface area contributed by atoms with Gasteiger partial charge in [0.1, 0.15) is 5.01 Å². The van der Waals surface area contributed by atoms with Crippen molar-refractivity contribution in [3.63, 3.8) is 0 Å². The van der Waals surface area contributed by atoms with Gasteiger partial charge in [-0.2, -0.15) is 0 Å². The normalized spacial score (nSPS) is 11.8. The van der Waals surface area contributed by atoms with Crippen molar-refractivity contribution in [1.82, 2.24) is 10.3 Å². The van der Waals surface area contributed by atoms with E-state index in [9.17, 15) is 0 Å². The third-order valence-electron chi connectivity index (χ3n) is 3.18. The Balaban J connectivity index is 2.38. The van der Waals surface area contributed by atoms with E-state index in [2.05, 4.69) is 65.6 Å². The molecule has 19 heavy (non-hydrogen) atoms. The number of likely N-dealkylation sites (N-methyl/N-ethyl adjacent to an activating group) is 1. The van der Waals surface area contributed by atoms with E-state index in [1.54, 1.807) is 11.3 Å². The second-order valence-corrected chi connectivity index (χ2v) is 7.19. The summed E-state index contributed by atoms with van der Waals surface area (Å²) in [7, 11) is 1.98. The second-order valence-electron chi connectivity index (χ2n) is 5.41. The van der Waals surface area contributed by atoms with Gasteiger partial charge in [0.05, 0.1) is 5.69 Å². The molecule has 0 atom stereocenters. The average molecular weight is 339 g/mol. The van der Waals surface area contributed by atoms with Crippen molar-refractivity contribution >= 4 is 27.3 Å². The van der Waals surface area contributed by atoms with Crippen LogP contribution in [0.4, 0.5) is 0 Å². The van der Waals surface area contributed by atoms with Crippen molar-refractivity contribution < 1.29 is 0 Å². The van der Waals surface area contributed by atoms with Crippen LogP contribution in [0.5, 0.6) is 0 Å². The number of aromatic nitrogens is 1. The summed E-state index contributed by atoms with van der Waals surface area (Å²) in [4.78, 5) is 4.83. The molecule has 0 bridgehead atoms. The largest absolute Gasteiger partial charge is 0.319 e. The lowest BCUT2D eigenvalue weighted by atomic mass is 9.94. The molecular formula is C15H19BrN2S. The fraction of sp³-hybridized carbons (Fsp3) is 0.400. The van der Waals surface area contributed by atoms with Gasteiger partial charge < -0.3 is 5.32 Å². The summed E-state index contributed by atoms with van der Waals surface area (Å²) in [6.07, 6.45) is 0. The minimum Gasteiger partial charge on any atom is -0.319 e. The van der Waals surface area contributed by atoms with Crippen molar-refractivity contribution in [2.24, 2.45) is 0 Å². The number of halogens is 1. The highest BCUT2D eigenvalue weighted by Gasteiger charge is 2.23. The van der Waals surface area contributed by atoms with Crippen molar-refractivity contribution in [3.8, 4) is 11.3 Å². The maximum Gasteiger partial charge on any atom is 0.100 e. The second kappa shape index (κ2) is 5.73. The van der Waals surface area contributed by atoms with E-state index >= 15 is 0 Å². The lowest BCUT2D eigenvalue weighted by molar-refractivity contribution is 0.491. The highest BCUT2D eigenvalue weighted by Crippen LogP contribution is 2.32. The van der Waals surface area contributed by atoms with E-state index in [1.165, 1.54) is 16.1 Å². The molecule has 0 saturated heterocycles. The standard InChI is InChI=1S/C15H19BrN2S/c1-10-5-6-11(16)7-12(10)13-8-19-14(18-13)15(2,3)9-17-4/h5-8,17H,9H2,1-4H3. The summed E-state index contributed by atoms with van der Waals surface area (Å²) in [5.74, 6) is 0. The Labute approximate surface area is 127 Å². The summed E-state index contributed by atoms with van der Waals surface area (Å²) < 4.78 is 1.09. The minimum atomic E-state index is 0.0670. The van der Waals surface area contributed by atoms with Gasteiger partial charge in [0, 0.05) is 27.4 Å². The number of rotatable bonds is 4. The van der Waals surface area contributed by atoms with Gasteiger partial charge in [-0.1, -0.05) is 35.8 Å². The Morgan fingerprint density at radius 2 is 2.11 bits per heavy atom. The smallest absolute Gasteiger partial charge is 0.100 e. The van der Waals surface area contributed by atoms with E-state index in [4.69, 9.17) is 4.98 Å². The quantitative estimate of drug-likeness (QED) is 0.894. The van der Waals surface area contributed by atoms with Crippen LogP contribution in [0.2, 0.25) is 0 Å². The molecule has 2 nitrogen and oxygen atoms in total. The molecule has 0 amide bonds. The summed E-state index contributed by atoms with van der Waals surface area (Å²) in [6, 6.07) is 6.33. The molecular weight excluding hydrogens is 320 g/mol. The third-order valence-corrected chi connectivity index (χ3v) is 4.88. The van der Waals surface area contributed by atoms with Gasteiger partial charge in [0.15, 0.2) is 0 Å². The van der Waals surface area contributed by atoms with Crippen LogP contribution in [-0.2, 0) is 5.41 Å². The molecule has 1 aromatic carbocycles. The SMILES string of the molecule is CNCC(C)(C)c1nc(-c2cc(Br)ccc2C)cs1. The van der Waals surface area contributed by atoms with E-state index in [1.807, 2.05) is 7.05 Å². The van der Waals surface area contributed by atoms with Gasteiger partial charge in [-0.05, 0) is 31.7 Å². The van der Waals surface area contributed by atoms with Crippen LogP contribution in [0.15, 0.2) is 28.1 Å². The zero-order valence-corrected chi connectivity index (χ0v) is 14.2. The van der Waals surface area contributed by atoms with Crippen LogP contribution < -0.4 is 5.32 Å². The molecule has 1 heterocycles. The molecule has 0 fully saturated rings. The molecule has 0 saturated carbocycles. The molecule has 0 aliphatic heterocycles. The number of aryl methyl sites for hydroxylation is 1. The van der Waals surface area contributed by atoms with Crippen LogP contribution in [0.3, 0.4) is 0 Å². The van der Waals surface area contributed by atoms with E-state index in [-0.39, 0.29) is 5.41 Å². The maximum absolute atomic E-state index is 4.83. The molecule has 2 aromatic rings. The topological polar surface area (TPSA) is 24.9 Å². The zero-order chi connectivity index (χ0) is 14.0. The van der Waals surface area contributed by atoms with Gasteiger partial charge in [-0.3, -0.25) is 0 Å². The Morgan fingerprint density at radius 1 is 1.37 bits per heavy atom. The van der Waals surface area contributed by atoms with Crippen molar-refractivity contribution in [2.45, 2.75) is 26.2 Å². The van der Waals surface area contributed by atoms with Crippen molar-refractivity contribution in [1.29, 1.82) is 0 Å². The number of benzene rings is 1. The molecule has 0 aliphatic rings. The predicted octanol–water partition coefficient (Wildman–Crippen LogP) is 4.38. The first-order valence-corrected chi connectivity index (χ1v) is 7.98. The monoisotopic (exact) mass is 338 g/mol. The fourth-order valence-corrected chi connectivity index (χ4v) is 3.40. The summed E-state index contributed by atoms with van der Waals surface area (Å²) >= 11 is 5.27. The van der Waals surface area contributed by atoms with E-state index in [0.717, 1.165) is 16.7 Å². The van der Waals surface area contributed by atoms with Crippen LogP contribution in [0, 0.1) is 6.92 Å². The summed E-state index contributed by atoms with van der Waals surface area (Å²) in [5.41, 5.74) is 3.60. The molecule has 1 aromatic heterocycles. The Hall–Kier alpha value is -0.710. The Bertz CT molecular complexity index is 575. The van der Waals surface area contributed by atoms with Crippen LogP contribution in [0.25, 0.3) is 11.3 Å². The molecule has 102 valence electrons. The van der Waals surface area contributed by atoms with Crippen molar-refractivity contribution in [2.75, 3.05) is 13.6 Å². The average Bonchev–Trinajstić information content (AvgIpc) is 2.82. The molecule has 0 unspecified atom stereocenters. The maximum atomic E-state index is 4.83. The number of thiazole rings is 1. The summed E-state index contributed by atoms with van der Waals surface area (Å²) in [5, 5.41) is 6.57. The first-order chi connectivity index (χ1) is 8.94. The van der Waals surface area contributed by atoms with Crippen LogP contribution in [-0.4, -0.2) is 18.6 Å². The molecule has 1 N–H and O–H groups in total. The fourth-order valence-electron chi connectivity index (χ4n) is 2.10.